The second-order valence-electron chi connectivity index (χ2n) is 6.79. The van der Waals surface area contributed by atoms with Gasteiger partial charge in [0.1, 0.15) is 11.5 Å². The first-order valence-corrected chi connectivity index (χ1v) is 9.32. The number of piperidine rings is 1. The molecule has 0 aliphatic carbocycles. The molecule has 3 aromatic rings. The third-order valence-electron chi connectivity index (χ3n) is 5.16. The van der Waals surface area contributed by atoms with E-state index >= 15 is 0 Å². The van der Waals surface area contributed by atoms with Crippen molar-refractivity contribution in [1.29, 1.82) is 0 Å². The van der Waals surface area contributed by atoms with Crippen molar-refractivity contribution in [1.82, 2.24) is 15.3 Å². The third kappa shape index (κ3) is 3.22. The number of hydrogen-bond acceptors (Lipinski definition) is 3. The SMILES string of the molecule is CCN(C(=O)c1cnc(C2CCNCC2)[nH]1)c1ccc2ccccc2c1. The number of aromatic amines is 1. The molecule has 1 amide bonds. The predicted octanol–water partition coefficient (Wildman–Crippen LogP) is 3.70. The van der Waals surface area contributed by atoms with Crippen molar-refractivity contribution in [2.75, 3.05) is 24.5 Å². The molecule has 5 heteroatoms. The van der Waals surface area contributed by atoms with E-state index in [1.54, 1.807) is 11.1 Å². The van der Waals surface area contributed by atoms with Gasteiger partial charge in [-0.2, -0.15) is 0 Å². The molecule has 0 saturated carbocycles. The Kier molecular flexibility index (Phi) is 4.71. The topological polar surface area (TPSA) is 61.0 Å². The summed E-state index contributed by atoms with van der Waals surface area (Å²) >= 11 is 0. The zero-order valence-electron chi connectivity index (χ0n) is 15.0. The third-order valence-corrected chi connectivity index (χ3v) is 5.16. The van der Waals surface area contributed by atoms with Gasteiger partial charge in [-0.3, -0.25) is 4.79 Å². The maximum Gasteiger partial charge on any atom is 0.276 e. The van der Waals surface area contributed by atoms with E-state index in [9.17, 15) is 4.79 Å². The van der Waals surface area contributed by atoms with Crippen LogP contribution in [0.5, 0.6) is 0 Å². The van der Waals surface area contributed by atoms with Gasteiger partial charge >= 0.3 is 0 Å². The van der Waals surface area contributed by atoms with Crippen molar-refractivity contribution in [3.05, 3.63) is 60.2 Å². The average molecular weight is 348 g/mol. The molecule has 1 aliphatic heterocycles. The first kappa shape index (κ1) is 16.8. The molecule has 4 rings (SSSR count). The van der Waals surface area contributed by atoms with Gasteiger partial charge in [0.2, 0.25) is 0 Å². The van der Waals surface area contributed by atoms with Crippen molar-refractivity contribution in [2.24, 2.45) is 0 Å². The highest BCUT2D eigenvalue weighted by molar-refractivity contribution is 6.05. The fourth-order valence-electron chi connectivity index (χ4n) is 3.68. The van der Waals surface area contributed by atoms with E-state index in [0.717, 1.165) is 42.8 Å². The number of fused-ring (bicyclic) bond motifs is 1. The number of carbonyl (C=O) groups is 1. The lowest BCUT2D eigenvalue weighted by atomic mass is 9.98. The Bertz CT molecular complexity index is 911. The number of rotatable bonds is 4. The minimum absolute atomic E-state index is 0.0320. The summed E-state index contributed by atoms with van der Waals surface area (Å²) in [5, 5.41) is 5.67. The van der Waals surface area contributed by atoms with Crippen LogP contribution in [0.15, 0.2) is 48.7 Å². The zero-order chi connectivity index (χ0) is 17.9. The normalized spacial score (nSPS) is 15.3. The summed E-state index contributed by atoms with van der Waals surface area (Å²) in [6.45, 7) is 4.62. The highest BCUT2D eigenvalue weighted by Crippen LogP contribution is 2.25. The van der Waals surface area contributed by atoms with E-state index in [1.165, 1.54) is 5.39 Å². The Morgan fingerprint density at radius 3 is 2.69 bits per heavy atom. The monoisotopic (exact) mass is 348 g/mol. The van der Waals surface area contributed by atoms with Gasteiger partial charge < -0.3 is 15.2 Å². The van der Waals surface area contributed by atoms with Crippen molar-refractivity contribution in [3.63, 3.8) is 0 Å². The first-order chi connectivity index (χ1) is 12.8. The second-order valence-corrected chi connectivity index (χ2v) is 6.79. The number of H-pyrrole nitrogens is 1. The molecule has 2 aromatic carbocycles. The number of hydrogen-bond donors (Lipinski definition) is 2. The van der Waals surface area contributed by atoms with E-state index in [-0.39, 0.29) is 5.91 Å². The van der Waals surface area contributed by atoms with Gasteiger partial charge in [0.05, 0.1) is 6.20 Å². The van der Waals surface area contributed by atoms with Crippen LogP contribution in [-0.2, 0) is 0 Å². The number of benzene rings is 2. The lowest BCUT2D eigenvalue weighted by molar-refractivity contribution is 0.0984. The Hall–Kier alpha value is -2.66. The van der Waals surface area contributed by atoms with Crippen LogP contribution >= 0.6 is 0 Å². The van der Waals surface area contributed by atoms with E-state index in [2.05, 4.69) is 39.6 Å². The first-order valence-electron chi connectivity index (χ1n) is 9.32. The van der Waals surface area contributed by atoms with Crippen molar-refractivity contribution in [2.45, 2.75) is 25.7 Å². The van der Waals surface area contributed by atoms with Crippen molar-refractivity contribution < 1.29 is 4.79 Å². The summed E-state index contributed by atoms with van der Waals surface area (Å²) in [7, 11) is 0. The molecule has 2 heterocycles. The fraction of sp³-hybridized carbons (Fsp3) is 0.333. The molecule has 1 aliphatic rings. The summed E-state index contributed by atoms with van der Waals surface area (Å²) in [6.07, 6.45) is 3.80. The number of imidazole rings is 1. The largest absolute Gasteiger partial charge is 0.338 e. The average Bonchev–Trinajstić information content (AvgIpc) is 3.19. The highest BCUT2D eigenvalue weighted by Gasteiger charge is 2.22. The maximum absolute atomic E-state index is 13.1. The second kappa shape index (κ2) is 7.30. The Balaban J connectivity index is 1.59. The summed E-state index contributed by atoms with van der Waals surface area (Å²) in [4.78, 5) is 22.6. The smallest absolute Gasteiger partial charge is 0.276 e. The number of anilines is 1. The van der Waals surface area contributed by atoms with Gasteiger partial charge in [0.15, 0.2) is 0 Å². The van der Waals surface area contributed by atoms with Crippen LogP contribution in [0.1, 0.15) is 42.0 Å². The maximum atomic E-state index is 13.1. The van der Waals surface area contributed by atoms with Gasteiger partial charge in [-0.1, -0.05) is 30.3 Å². The van der Waals surface area contributed by atoms with Crippen LogP contribution in [0.4, 0.5) is 5.69 Å². The fourth-order valence-corrected chi connectivity index (χ4v) is 3.68. The van der Waals surface area contributed by atoms with E-state index in [4.69, 9.17) is 0 Å². The lowest BCUT2D eigenvalue weighted by Crippen LogP contribution is -2.31. The van der Waals surface area contributed by atoms with Gasteiger partial charge in [-0.15, -0.1) is 0 Å². The molecule has 2 N–H and O–H groups in total. The molecule has 0 radical (unpaired) electrons. The highest BCUT2D eigenvalue weighted by atomic mass is 16.2. The van der Waals surface area contributed by atoms with E-state index in [1.807, 2.05) is 25.1 Å². The van der Waals surface area contributed by atoms with Crippen LogP contribution in [0, 0.1) is 0 Å². The quantitative estimate of drug-likeness (QED) is 0.756. The Morgan fingerprint density at radius 1 is 1.15 bits per heavy atom. The number of nitrogens with zero attached hydrogens (tertiary/aromatic N) is 2. The number of aromatic nitrogens is 2. The van der Waals surface area contributed by atoms with Gasteiger partial charge in [0, 0.05) is 18.2 Å². The molecular weight excluding hydrogens is 324 g/mol. The molecule has 1 fully saturated rings. The summed E-state index contributed by atoms with van der Waals surface area (Å²) in [6, 6.07) is 14.3. The summed E-state index contributed by atoms with van der Waals surface area (Å²) in [5.41, 5.74) is 1.47. The summed E-state index contributed by atoms with van der Waals surface area (Å²) < 4.78 is 0. The molecule has 134 valence electrons. The number of amides is 1. The molecule has 5 nitrogen and oxygen atoms in total. The van der Waals surface area contributed by atoms with Crippen molar-refractivity contribution in [3.8, 4) is 0 Å². The number of carbonyl (C=O) groups excluding carboxylic acids is 1. The minimum Gasteiger partial charge on any atom is -0.338 e. The van der Waals surface area contributed by atoms with E-state index in [0.29, 0.717) is 18.2 Å². The Labute approximate surface area is 153 Å². The molecule has 0 unspecified atom stereocenters. The van der Waals surface area contributed by atoms with Crippen LogP contribution in [0.3, 0.4) is 0 Å². The van der Waals surface area contributed by atoms with Gasteiger partial charge in [0.25, 0.3) is 5.91 Å². The Morgan fingerprint density at radius 2 is 1.92 bits per heavy atom. The van der Waals surface area contributed by atoms with Crippen LogP contribution in [0.25, 0.3) is 10.8 Å². The van der Waals surface area contributed by atoms with Gasteiger partial charge in [-0.25, -0.2) is 4.98 Å². The molecule has 0 spiro atoms. The molecule has 0 bridgehead atoms. The zero-order valence-corrected chi connectivity index (χ0v) is 15.0. The van der Waals surface area contributed by atoms with Crippen LogP contribution < -0.4 is 10.2 Å². The van der Waals surface area contributed by atoms with Crippen LogP contribution in [-0.4, -0.2) is 35.5 Å². The molecule has 0 atom stereocenters. The molecule has 1 saturated heterocycles. The molecule has 26 heavy (non-hydrogen) atoms. The van der Waals surface area contributed by atoms with E-state index < -0.39 is 0 Å². The minimum atomic E-state index is -0.0320. The predicted molar refractivity (Wildman–Crippen MR) is 105 cm³/mol. The van der Waals surface area contributed by atoms with Gasteiger partial charge in [-0.05, 0) is 55.8 Å². The molecular formula is C21H24N4O. The molecule has 1 aromatic heterocycles. The van der Waals surface area contributed by atoms with Crippen molar-refractivity contribution >= 4 is 22.4 Å². The van der Waals surface area contributed by atoms with Crippen LogP contribution in [0.2, 0.25) is 0 Å². The number of nitrogens with one attached hydrogen (secondary N) is 2. The lowest BCUT2D eigenvalue weighted by Gasteiger charge is -2.22. The standard InChI is InChI=1S/C21H24N4O/c1-2-25(18-8-7-15-5-3-4-6-17(15)13-18)21(26)19-14-23-20(24-19)16-9-11-22-12-10-16/h3-8,13-14,16,22H,2,9-12H2,1H3,(H,23,24). The summed E-state index contributed by atoms with van der Waals surface area (Å²) in [5.74, 6) is 1.31.